The smallest absolute Gasteiger partial charge is 0.142 e. The quantitative estimate of drug-likeness (QED) is 0.726. The van der Waals surface area contributed by atoms with Crippen molar-refractivity contribution < 1.29 is 4.74 Å². The normalized spacial score (nSPS) is 9.73. The lowest BCUT2D eigenvalue weighted by atomic mass is 10.1. The molecular formula is C12H18N2O. The molecule has 0 spiro atoms. The number of nitrogens with one attached hydrogen (secondary N) is 1. The molecule has 82 valence electrons. The molecule has 3 nitrogen and oxygen atoms in total. The van der Waals surface area contributed by atoms with Crippen LogP contribution in [0.2, 0.25) is 0 Å². The second-order valence-corrected chi connectivity index (χ2v) is 3.36. The molecule has 0 saturated carbocycles. The second kappa shape index (κ2) is 5.29. The van der Waals surface area contributed by atoms with Crippen molar-refractivity contribution >= 4 is 11.4 Å². The molecule has 1 aromatic rings. The van der Waals surface area contributed by atoms with Crippen molar-refractivity contribution in [2.75, 3.05) is 19.4 Å². The molecule has 0 amide bonds. The average Bonchev–Trinajstić information content (AvgIpc) is 2.26. The fraction of sp³-hybridized carbons (Fsp3) is 0.333. The zero-order valence-corrected chi connectivity index (χ0v) is 9.34. The van der Waals surface area contributed by atoms with Gasteiger partial charge in [0, 0.05) is 17.8 Å². The molecule has 1 rings (SSSR count). The first-order chi connectivity index (χ1) is 7.19. The maximum atomic E-state index is 5.73. The molecule has 0 aliphatic rings. The van der Waals surface area contributed by atoms with Crippen LogP contribution in [0.15, 0.2) is 24.8 Å². The minimum absolute atomic E-state index is 0.643. The Hall–Kier alpha value is -1.64. The van der Waals surface area contributed by atoms with Gasteiger partial charge in [0.2, 0.25) is 0 Å². The molecule has 15 heavy (non-hydrogen) atoms. The van der Waals surface area contributed by atoms with E-state index in [1.165, 1.54) is 0 Å². The van der Waals surface area contributed by atoms with Crippen LogP contribution in [0.5, 0.6) is 5.75 Å². The third kappa shape index (κ3) is 2.91. The van der Waals surface area contributed by atoms with E-state index in [2.05, 4.69) is 18.8 Å². The van der Waals surface area contributed by atoms with Crippen molar-refractivity contribution in [3.8, 4) is 5.75 Å². The Labute approximate surface area is 90.9 Å². The monoisotopic (exact) mass is 206 g/mol. The highest BCUT2D eigenvalue weighted by Crippen LogP contribution is 2.24. The van der Waals surface area contributed by atoms with E-state index < -0.39 is 0 Å². The van der Waals surface area contributed by atoms with Crippen LogP contribution in [0.25, 0.3) is 5.70 Å². The van der Waals surface area contributed by atoms with Gasteiger partial charge in [-0.25, -0.2) is 0 Å². The number of nitrogens with two attached hydrogens (primary N) is 1. The minimum Gasteiger partial charge on any atom is -0.495 e. The number of methoxy groups -OCH3 is 1. The molecule has 0 radical (unpaired) electrons. The van der Waals surface area contributed by atoms with Gasteiger partial charge in [-0.05, 0) is 18.6 Å². The SMILES string of the molecule is C=C(NCCC)c1ccc(N)c(OC)c1. The van der Waals surface area contributed by atoms with Crippen molar-refractivity contribution in [1.82, 2.24) is 5.32 Å². The molecule has 0 unspecified atom stereocenters. The Bertz CT molecular complexity index is 347. The van der Waals surface area contributed by atoms with Gasteiger partial charge < -0.3 is 15.8 Å². The Kier molecular flexibility index (Phi) is 4.03. The van der Waals surface area contributed by atoms with Crippen molar-refractivity contribution in [3.05, 3.63) is 30.3 Å². The third-order valence-electron chi connectivity index (χ3n) is 2.17. The molecule has 0 aromatic heterocycles. The van der Waals surface area contributed by atoms with Crippen LogP contribution < -0.4 is 15.8 Å². The number of hydrogen-bond acceptors (Lipinski definition) is 3. The number of hydrogen-bond donors (Lipinski definition) is 2. The van der Waals surface area contributed by atoms with Gasteiger partial charge in [-0.3, -0.25) is 0 Å². The average molecular weight is 206 g/mol. The van der Waals surface area contributed by atoms with E-state index in [1.807, 2.05) is 18.2 Å². The number of anilines is 1. The Morgan fingerprint density at radius 3 is 2.87 bits per heavy atom. The first-order valence-electron chi connectivity index (χ1n) is 5.05. The zero-order chi connectivity index (χ0) is 11.3. The minimum atomic E-state index is 0.643. The summed E-state index contributed by atoms with van der Waals surface area (Å²) in [6.07, 6.45) is 1.07. The van der Waals surface area contributed by atoms with Gasteiger partial charge in [-0.1, -0.05) is 19.6 Å². The van der Waals surface area contributed by atoms with Crippen molar-refractivity contribution in [2.24, 2.45) is 0 Å². The highest BCUT2D eigenvalue weighted by Gasteiger charge is 2.03. The van der Waals surface area contributed by atoms with Crippen molar-refractivity contribution in [2.45, 2.75) is 13.3 Å². The number of rotatable bonds is 5. The molecule has 0 bridgehead atoms. The molecule has 0 aliphatic heterocycles. The lowest BCUT2D eigenvalue weighted by Gasteiger charge is -2.11. The Balaban J connectivity index is 2.81. The zero-order valence-electron chi connectivity index (χ0n) is 9.34. The van der Waals surface area contributed by atoms with Crippen LogP contribution in [-0.4, -0.2) is 13.7 Å². The lowest BCUT2D eigenvalue weighted by Crippen LogP contribution is -2.12. The fourth-order valence-electron chi connectivity index (χ4n) is 1.28. The van der Waals surface area contributed by atoms with Crippen LogP contribution in [0.4, 0.5) is 5.69 Å². The number of benzene rings is 1. The van der Waals surface area contributed by atoms with Gasteiger partial charge >= 0.3 is 0 Å². The summed E-state index contributed by atoms with van der Waals surface area (Å²) in [4.78, 5) is 0. The molecule has 0 saturated heterocycles. The molecular weight excluding hydrogens is 188 g/mol. The van der Waals surface area contributed by atoms with Gasteiger partial charge in [-0.2, -0.15) is 0 Å². The van der Waals surface area contributed by atoms with Crippen LogP contribution >= 0.6 is 0 Å². The van der Waals surface area contributed by atoms with Gasteiger partial charge in [0.05, 0.1) is 12.8 Å². The maximum absolute atomic E-state index is 5.73. The van der Waals surface area contributed by atoms with Crippen LogP contribution in [0, 0.1) is 0 Å². The van der Waals surface area contributed by atoms with E-state index in [0.29, 0.717) is 11.4 Å². The molecule has 0 atom stereocenters. The molecule has 3 N–H and O–H groups in total. The van der Waals surface area contributed by atoms with E-state index in [9.17, 15) is 0 Å². The Morgan fingerprint density at radius 1 is 1.53 bits per heavy atom. The molecule has 3 heteroatoms. The van der Waals surface area contributed by atoms with Gasteiger partial charge in [-0.15, -0.1) is 0 Å². The van der Waals surface area contributed by atoms with E-state index in [1.54, 1.807) is 7.11 Å². The highest BCUT2D eigenvalue weighted by molar-refractivity contribution is 5.67. The summed E-state index contributed by atoms with van der Waals surface area (Å²) in [5.74, 6) is 0.687. The van der Waals surface area contributed by atoms with Gasteiger partial charge in [0.1, 0.15) is 5.75 Å². The summed E-state index contributed by atoms with van der Waals surface area (Å²) in [5.41, 5.74) is 8.28. The lowest BCUT2D eigenvalue weighted by molar-refractivity contribution is 0.417. The van der Waals surface area contributed by atoms with Crippen LogP contribution in [0.1, 0.15) is 18.9 Å². The van der Waals surface area contributed by atoms with E-state index >= 15 is 0 Å². The third-order valence-corrected chi connectivity index (χ3v) is 2.17. The Morgan fingerprint density at radius 2 is 2.27 bits per heavy atom. The first kappa shape index (κ1) is 11.4. The van der Waals surface area contributed by atoms with Crippen molar-refractivity contribution in [1.29, 1.82) is 0 Å². The first-order valence-corrected chi connectivity index (χ1v) is 5.05. The second-order valence-electron chi connectivity index (χ2n) is 3.36. The number of nitrogen functional groups attached to an aromatic ring is 1. The number of ether oxygens (including phenoxy) is 1. The summed E-state index contributed by atoms with van der Waals surface area (Å²) in [5, 5.41) is 3.23. The summed E-state index contributed by atoms with van der Waals surface area (Å²) in [6, 6.07) is 5.65. The molecule has 1 aromatic carbocycles. The molecule has 0 heterocycles. The van der Waals surface area contributed by atoms with Crippen LogP contribution in [0.3, 0.4) is 0 Å². The maximum Gasteiger partial charge on any atom is 0.142 e. The van der Waals surface area contributed by atoms with Crippen LogP contribution in [-0.2, 0) is 0 Å². The molecule has 0 aliphatic carbocycles. The summed E-state index contributed by atoms with van der Waals surface area (Å²) in [7, 11) is 1.61. The standard InChI is InChI=1S/C12H18N2O/c1-4-7-14-9(2)10-5-6-11(13)12(8-10)15-3/h5-6,8,14H,2,4,7,13H2,1,3H3. The fourth-order valence-corrected chi connectivity index (χ4v) is 1.28. The predicted molar refractivity (Wildman–Crippen MR) is 64.7 cm³/mol. The van der Waals surface area contributed by atoms with E-state index in [0.717, 1.165) is 24.2 Å². The van der Waals surface area contributed by atoms with Gasteiger partial charge in [0.15, 0.2) is 0 Å². The summed E-state index contributed by atoms with van der Waals surface area (Å²) in [6.45, 7) is 7.00. The van der Waals surface area contributed by atoms with E-state index in [-0.39, 0.29) is 0 Å². The summed E-state index contributed by atoms with van der Waals surface area (Å²) >= 11 is 0. The van der Waals surface area contributed by atoms with E-state index in [4.69, 9.17) is 10.5 Å². The van der Waals surface area contributed by atoms with Crippen molar-refractivity contribution in [3.63, 3.8) is 0 Å². The topological polar surface area (TPSA) is 47.3 Å². The predicted octanol–water partition coefficient (Wildman–Crippen LogP) is 2.25. The largest absolute Gasteiger partial charge is 0.495 e. The highest BCUT2D eigenvalue weighted by atomic mass is 16.5. The molecule has 0 fully saturated rings. The van der Waals surface area contributed by atoms with Gasteiger partial charge in [0.25, 0.3) is 0 Å². The summed E-state index contributed by atoms with van der Waals surface area (Å²) < 4.78 is 5.15.